The molecule has 1 saturated heterocycles. The molecule has 0 aliphatic carbocycles. The van der Waals surface area contributed by atoms with E-state index in [1.807, 2.05) is 35.4 Å². The molecule has 4 nitrogen and oxygen atoms in total. The third-order valence-electron chi connectivity index (χ3n) is 3.98. The molecule has 2 aromatic rings. The van der Waals surface area contributed by atoms with Crippen molar-refractivity contribution in [1.29, 1.82) is 0 Å². The number of carbonyl (C=O) groups is 1. The van der Waals surface area contributed by atoms with Gasteiger partial charge in [-0.3, -0.25) is 4.79 Å². The Morgan fingerprint density at radius 1 is 1.14 bits per heavy atom. The molecule has 3 rings (SSSR count). The Hall–Kier alpha value is -2.01. The first-order valence-corrected chi connectivity index (χ1v) is 8.29. The average molecular weight is 316 g/mol. The highest BCUT2D eigenvalue weighted by Gasteiger charge is 2.22. The number of ether oxygens (including phenoxy) is 1. The first-order chi connectivity index (χ1) is 10.7. The minimum Gasteiger partial charge on any atom is -0.497 e. The van der Waals surface area contributed by atoms with Crippen LogP contribution in [0, 0.1) is 6.92 Å². The van der Waals surface area contributed by atoms with E-state index in [0.29, 0.717) is 0 Å². The predicted octanol–water partition coefficient (Wildman–Crippen LogP) is 3.03. The van der Waals surface area contributed by atoms with Crippen LogP contribution >= 0.6 is 11.3 Å². The first kappa shape index (κ1) is 14.9. The Balaban J connectivity index is 1.61. The second-order valence-corrected chi connectivity index (χ2v) is 6.54. The molecule has 0 saturated carbocycles. The van der Waals surface area contributed by atoms with Crippen LogP contribution < -0.4 is 9.64 Å². The summed E-state index contributed by atoms with van der Waals surface area (Å²) in [4.78, 5) is 17.9. The zero-order chi connectivity index (χ0) is 15.5. The summed E-state index contributed by atoms with van der Waals surface area (Å²) in [5.41, 5.74) is 2.00. The molecule has 0 bridgehead atoms. The van der Waals surface area contributed by atoms with E-state index in [-0.39, 0.29) is 5.91 Å². The maximum absolute atomic E-state index is 12.4. The molecule has 1 aromatic heterocycles. The van der Waals surface area contributed by atoms with Gasteiger partial charge in [-0.1, -0.05) is 0 Å². The molecule has 0 N–H and O–H groups in total. The molecular weight excluding hydrogens is 296 g/mol. The molecule has 0 spiro atoms. The maximum Gasteiger partial charge on any atom is 0.254 e. The summed E-state index contributed by atoms with van der Waals surface area (Å²) >= 11 is 1.63. The molecule has 2 heterocycles. The minimum absolute atomic E-state index is 0.152. The highest BCUT2D eigenvalue weighted by molar-refractivity contribution is 7.10. The molecule has 1 aromatic carbocycles. The van der Waals surface area contributed by atoms with Crippen molar-refractivity contribution in [1.82, 2.24) is 4.90 Å². The van der Waals surface area contributed by atoms with Gasteiger partial charge in [0.15, 0.2) is 0 Å². The van der Waals surface area contributed by atoms with E-state index in [0.717, 1.165) is 37.5 Å². The van der Waals surface area contributed by atoms with Gasteiger partial charge >= 0.3 is 0 Å². The van der Waals surface area contributed by atoms with Crippen molar-refractivity contribution < 1.29 is 9.53 Å². The van der Waals surface area contributed by atoms with Crippen molar-refractivity contribution in [2.45, 2.75) is 6.92 Å². The normalized spacial score (nSPS) is 15.0. The van der Waals surface area contributed by atoms with Gasteiger partial charge in [-0.15, -0.1) is 11.3 Å². The van der Waals surface area contributed by atoms with Crippen LogP contribution in [0.15, 0.2) is 35.7 Å². The summed E-state index contributed by atoms with van der Waals surface area (Å²) < 4.78 is 5.19. The molecule has 0 unspecified atom stereocenters. The van der Waals surface area contributed by atoms with Crippen LogP contribution in [-0.4, -0.2) is 44.1 Å². The summed E-state index contributed by atoms with van der Waals surface area (Å²) in [6.07, 6.45) is 0. The van der Waals surface area contributed by atoms with E-state index in [2.05, 4.69) is 17.0 Å². The van der Waals surface area contributed by atoms with E-state index in [1.165, 1.54) is 10.6 Å². The zero-order valence-electron chi connectivity index (χ0n) is 12.9. The lowest BCUT2D eigenvalue weighted by atomic mass is 10.2. The molecule has 22 heavy (non-hydrogen) atoms. The van der Waals surface area contributed by atoms with E-state index in [1.54, 1.807) is 18.4 Å². The van der Waals surface area contributed by atoms with E-state index >= 15 is 0 Å². The Morgan fingerprint density at radius 2 is 1.82 bits per heavy atom. The quantitative estimate of drug-likeness (QED) is 0.872. The number of hydrogen-bond acceptors (Lipinski definition) is 4. The number of benzene rings is 1. The lowest BCUT2D eigenvalue weighted by Crippen LogP contribution is -2.48. The second-order valence-electron chi connectivity index (χ2n) is 5.42. The molecule has 116 valence electrons. The van der Waals surface area contributed by atoms with Crippen LogP contribution in [-0.2, 0) is 0 Å². The summed E-state index contributed by atoms with van der Waals surface area (Å²) in [6.45, 7) is 5.28. The number of rotatable bonds is 3. The number of aryl methyl sites for hydroxylation is 1. The third-order valence-corrected chi connectivity index (χ3v) is 4.84. The van der Waals surface area contributed by atoms with Crippen LogP contribution in [0.3, 0.4) is 0 Å². The number of thiophene rings is 1. The van der Waals surface area contributed by atoms with Crippen molar-refractivity contribution in [3.05, 3.63) is 46.2 Å². The van der Waals surface area contributed by atoms with Crippen molar-refractivity contribution in [2.75, 3.05) is 38.2 Å². The van der Waals surface area contributed by atoms with Crippen molar-refractivity contribution in [3.8, 4) is 5.75 Å². The van der Waals surface area contributed by atoms with Gasteiger partial charge in [0.1, 0.15) is 5.75 Å². The topological polar surface area (TPSA) is 32.8 Å². The van der Waals surface area contributed by atoms with E-state index < -0.39 is 0 Å². The third kappa shape index (κ3) is 3.09. The summed E-state index contributed by atoms with van der Waals surface area (Å²) in [6, 6.07) is 10.1. The number of nitrogens with zero attached hydrogens (tertiary/aromatic N) is 2. The van der Waals surface area contributed by atoms with Gasteiger partial charge < -0.3 is 14.5 Å². The van der Waals surface area contributed by atoms with Crippen molar-refractivity contribution >= 4 is 22.9 Å². The predicted molar refractivity (Wildman–Crippen MR) is 90.2 cm³/mol. The number of piperazine rings is 1. The summed E-state index contributed by atoms with van der Waals surface area (Å²) in [7, 11) is 1.67. The molecule has 1 fully saturated rings. The average Bonchev–Trinajstić information content (AvgIpc) is 3.01. The number of carbonyl (C=O) groups excluding carboxylic acids is 1. The van der Waals surface area contributed by atoms with Crippen LogP contribution in [0.2, 0.25) is 0 Å². The van der Waals surface area contributed by atoms with Gasteiger partial charge in [0, 0.05) is 42.1 Å². The monoisotopic (exact) mass is 316 g/mol. The van der Waals surface area contributed by atoms with Gasteiger partial charge in [-0.05, 0) is 37.3 Å². The van der Waals surface area contributed by atoms with Gasteiger partial charge in [0.25, 0.3) is 5.91 Å². The molecule has 1 aliphatic heterocycles. The SMILES string of the molecule is COc1ccc(N2CCN(C(=O)c3csc(C)c3)CC2)cc1. The fourth-order valence-electron chi connectivity index (χ4n) is 2.70. The van der Waals surface area contributed by atoms with Crippen LogP contribution in [0.4, 0.5) is 5.69 Å². The highest BCUT2D eigenvalue weighted by Crippen LogP contribution is 2.21. The molecular formula is C17H20N2O2S. The fraction of sp³-hybridized carbons (Fsp3) is 0.353. The van der Waals surface area contributed by atoms with Gasteiger partial charge in [0.05, 0.1) is 12.7 Å². The lowest BCUT2D eigenvalue weighted by molar-refractivity contribution is 0.0747. The number of methoxy groups -OCH3 is 1. The highest BCUT2D eigenvalue weighted by atomic mass is 32.1. The Labute approximate surface area is 134 Å². The van der Waals surface area contributed by atoms with Crippen molar-refractivity contribution in [3.63, 3.8) is 0 Å². The number of anilines is 1. The smallest absolute Gasteiger partial charge is 0.254 e. The van der Waals surface area contributed by atoms with Crippen molar-refractivity contribution in [2.24, 2.45) is 0 Å². The van der Waals surface area contributed by atoms with Crippen LogP contribution in [0.5, 0.6) is 5.75 Å². The number of hydrogen-bond donors (Lipinski definition) is 0. The van der Waals surface area contributed by atoms with E-state index in [9.17, 15) is 4.79 Å². The molecule has 1 aliphatic rings. The molecule has 5 heteroatoms. The summed E-state index contributed by atoms with van der Waals surface area (Å²) in [5, 5.41) is 1.95. The van der Waals surface area contributed by atoms with E-state index in [4.69, 9.17) is 4.74 Å². The van der Waals surface area contributed by atoms with Gasteiger partial charge in [-0.25, -0.2) is 0 Å². The Morgan fingerprint density at radius 3 is 2.36 bits per heavy atom. The second kappa shape index (κ2) is 6.40. The zero-order valence-corrected chi connectivity index (χ0v) is 13.7. The van der Waals surface area contributed by atoms with Crippen LogP contribution in [0.25, 0.3) is 0 Å². The Kier molecular flexibility index (Phi) is 4.34. The minimum atomic E-state index is 0.152. The van der Waals surface area contributed by atoms with Gasteiger partial charge in [0.2, 0.25) is 0 Å². The fourth-order valence-corrected chi connectivity index (χ4v) is 3.38. The summed E-state index contributed by atoms with van der Waals surface area (Å²) in [5.74, 6) is 1.02. The molecule has 1 amide bonds. The lowest BCUT2D eigenvalue weighted by Gasteiger charge is -2.36. The molecule has 0 atom stereocenters. The molecule has 0 radical (unpaired) electrons. The van der Waals surface area contributed by atoms with Gasteiger partial charge in [-0.2, -0.15) is 0 Å². The number of amides is 1. The van der Waals surface area contributed by atoms with Crippen LogP contribution in [0.1, 0.15) is 15.2 Å². The Bertz CT molecular complexity index is 643. The largest absolute Gasteiger partial charge is 0.497 e. The standard InChI is InChI=1S/C17H20N2O2S/c1-13-11-14(12-22-13)17(20)19-9-7-18(8-10-19)15-3-5-16(21-2)6-4-15/h3-6,11-12H,7-10H2,1-2H3. The first-order valence-electron chi connectivity index (χ1n) is 7.41. The maximum atomic E-state index is 12.4.